The molecule has 5 nitrogen and oxygen atoms in total. The number of fused-ring (bicyclic) bond motifs is 1. The number of rotatable bonds is 5. The summed E-state index contributed by atoms with van der Waals surface area (Å²) in [5.74, 6) is -0.0131. The Kier molecular flexibility index (Phi) is 4.40. The molecule has 0 radical (unpaired) electrons. The van der Waals surface area contributed by atoms with Crippen LogP contribution in [-0.4, -0.2) is 53.4 Å². The van der Waals surface area contributed by atoms with E-state index in [0.29, 0.717) is 6.61 Å². The second kappa shape index (κ2) is 5.48. The maximum atomic E-state index is 12.7. The Labute approximate surface area is 125 Å². The van der Waals surface area contributed by atoms with Gasteiger partial charge in [0.25, 0.3) is 0 Å². The van der Waals surface area contributed by atoms with Crippen LogP contribution in [0.4, 0.5) is 0 Å². The smallest absolute Gasteiger partial charge is 0.241 e. The second-order valence-electron chi connectivity index (χ2n) is 6.50. The average Bonchev–Trinajstić information content (AvgIpc) is 2.87. The number of aliphatic hydroxyl groups is 1. The maximum Gasteiger partial charge on any atom is 0.241 e. The first-order valence-corrected chi connectivity index (χ1v) is 8.44. The van der Waals surface area contributed by atoms with Crippen LogP contribution in [0.3, 0.4) is 0 Å². The van der Waals surface area contributed by atoms with Crippen LogP contribution in [0.1, 0.15) is 27.2 Å². The highest BCUT2D eigenvalue weighted by atomic mass is 32.2. The number of carbonyl (C=O) groups excluding carboxylic acids is 1. The number of nitrogens with two attached hydrogens (primary N) is 1. The summed E-state index contributed by atoms with van der Waals surface area (Å²) in [7, 11) is 0. The lowest BCUT2D eigenvalue weighted by molar-refractivity contribution is -0.175. The Morgan fingerprint density at radius 2 is 2.25 bits per heavy atom. The van der Waals surface area contributed by atoms with Gasteiger partial charge in [-0.05, 0) is 19.6 Å². The highest BCUT2D eigenvalue weighted by Crippen LogP contribution is 2.58. The predicted octanol–water partition coefficient (Wildman–Crippen LogP) is 0.357. The molecule has 0 aromatic rings. The van der Waals surface area contributed by atoms with Crippen LogP contribution in [0.5, 0.6) is 0 Å². The minimum Gasteiger partial charge on any atom is -0.395 e. The molecule has 4 N–H and O–H groups in total. The van der Waals surface area contributed by atoms with Crippen molar-refractivity contribution in [3.8, 4) is 0 Å². The van der Waals surface area contributed by atoms with E-state index in [2.05, 4.69) is 5.32 Å². The fourth-order valence-corrected chi connectivity index (χ4v) is 4.33. The van der Waals surface area contributed by atoms with Crippen LogP contribution >= 0.6 is 11.8 Å². The Morgan fingerprint density at radius 3 is 2.80 bits per heavy atom. The van der Waals surface area contributed by atoms with Gasteiger partial charge in [0.05, 0.1) is 12.7 Å². The summed E-state index contributed by atoms with van der Waals surface area (Å²) in [6.07, 6.45) is 2.86. The van der Waals surface area contributed by atoms with E-state index in [4.69, 9.17) is 10.5 Å². The molecule has 2 aliphatic rings. The van der Waals surface area contributed by atoms with E-state index in [9.17, 15) is 9.90 Å². The summed E-state index contributed by atoms with van der Waals surface area (Å²) in [5.41, 5.74) is 5.25. The zero-order valence-corrected chi connectivity index (χ0v) is 13.5. The van der Waals surface area contributed by atoms with E-state index in [1.165, 1.54) is 0 Å². The molecule has 5 unspecified atom stereocenters. The normalized spacial score (nSPS) is 37.7. The molecule has 20 heavy (non-hydrogen) atoms. The predicted molar refractivity (Wildman–Crippen MR) is 80.5 cm³/mol. The maximum absolute atomic E-state index is 12.7. The van der Waals surface area contributed by atoms with Crippen LogP contribution in [-0.2, 0) is 9.53 Å². The molecule has 0 bridgehead atoms. The van der Waals surface area contributed by atoms with Crippen molar-refractivity contribution in [2.24, 2.45) is 17.1 Å². The first-order chi connectivity index (χ1) is 9.30. The number of thioether (sulfide) groups is 1. The Morgan fingerprint density at radius 1 is 1.60 bits per heavy atom. The number of hydrogen-bond acceptors (Lipinski definition) is 5. The molecule has 1 amide bonds. The molecular weight excluding hydrogens is 276 g/mol. The van der Waals surface area contributed by atoms with Gasteiger partial charge in [-0.3, -0.25) is 4.79 Å². The lowest BCUT2D eigenvalue weighted by Crippen LogP contribution is -2.80. The second-order valence-corrected chi connectivity index (χ2v) is 7.57. The molecule has 6 heteroatoms. The first-order valence-electron chi connectivity index (χ1n) is 7.15. The Bertz CT molecular complexity index is 387. The van der Waals surface area contributed by atoms with E-state index < -0.39 is 5.54 Å². The number of aliphatic hydroxyl groups excluding tert-OH is 1. The van der Waals surface area contributed by atoms with E-state index in [1.54, 1.807) is 11.8 Å². The molecule has 0 spiro atoms. The molecule has 1 saturated carbocycles. The fraction of sp³-hybridized carbons (Fsp3) is 0.929. The standard InChI is InChI=1S/C14H26N2O3S/c1-8(10(7-17)20-4)16-12(18)14(15)9-5-6-19-11(9)13(14,2)3/h8-11,17H,5-7,15H2,1-4H3,(H,16,18). The van der Waals surface area contributed by atoms with Gasteiger partial charge in [0.2, 0.25) is 5.91 Å². The van der Waals surface area contributed by atoms with E-state index in [0.717, 1.165) is 6.42 Å². The summed E-state index contributed by atoms with van der Waals surface area (Å²) >= 11 is 1.55. The number of carbonyl (C=O) groups is 1. The number of hydrogen-bond donors (Lipinski definition) is 3. The number of amides is 1. The van der Waals surface area contributed by atoms with Gasteiger partial charge in [-0.25, -0.2) is 0 Å². The van der Waals surface area contributed by atoms with Gasteiger partial charge in [0, 0.05) is 29.2 Å². The summed E-state index contributed by atoms with van der Waals surface area (Å²) in [6, 6.07) is -0.111. The summed E-state index contributed by atoms with van der Waals surface area (Å²) in [4.78, 5) is 12.7. The molecule has 5 atom stereocenters. The molecule has 0 aromatic heterocycles. The quantitative estimate of drug-likeness (QED) is 0.683. The molecule has 2 rings (SSSR count). The molecular formula is C14H26N2O3S. The van der Waals surface area contributed by atoms with Crippen molar-refractivity contribution in [1.29, 1.82) is 0 Å². The SMILES string of the molecule is CSC(CO)C(C)NC(=O)C1(N)C2CCOC2C1(C)C. The van der Waals surface area contributed by atoms with Gasteiger partial charge in [0.15, 0.2) is 0 Å². The van der Waals surface area contributed by atoms with Gasteiger partial charge in [-0.1, -0.05) is 13.8 Å². The molecule has 1 saturated heterocycles. The minimum atomic E-state index is -0.874. The van der Waals surface area contributed by atoms with Crippen LogP contribution in [0.25, 0.3) is 0 Å². The summed E-state index contributed by atoms with van der Waals surface area (Å²) < 4.78 is 5.70. The molecule has 1 aliphatic heterocycles. The van der Waals surface area contributed by atoms with E-state index in [-0.39, 0.29) is 41.2 Å². The van der Waals surface area contributed by atoms with Gasteiger partial charge >= 0.3 is 0 Å². The minimum absolute atomic E-state index is 0.0126. The third-order valence-corrected chi connectivity index (χ3v) is 6.39. The van der Waals surface area contributed by atoms with Crippen molar-refractivity contribution in [2.75, 3.05) is 19.5 Å². The molecule has 1 heterocycles. The van der Waals surface area contributed by atoms with E-state index in [1.807, 2.05) is 27.0 Å². The largest absolute Gasteiger partial charge is 0.395 e. The fourth-order valence-electron chi connectivity index (χ4n) is 3.70. The van der Waals surface area contributed by atoms with Crippen LogP contribution in [0.2, 0.25) is 0 Å². The molecule has 2 fully saturated rings. The zero-order valence-electron chi connectivity index (χ0n) is 12.7. The topological polar surface area (TPSA) is 84.6 Å². The van der Waals surface area contributed by atoms with Crippen molar-refractivity contribution in [2.45, 2.75) is 50.1 Å². The number of nitrogens with one attached hydrogen (secondary N) is 1. The van der Waals surface area contributed by atoms with Gasteiger partial charge in [0.1, 0.15) is 5.54 Å². The first kappa shape index (κ1) is 16.1. The van der Waals surface area contributed by atoms with Crippen molar-refractivity contribution >= 4 is 17.7 Å². The monoisotopic (exact) mass is 302 g/mol. The molecule has 1 aliphatic carbocycles. The van der Waals surface area contributed by atoms with E-state index >= 15 is 0 Å². The lowest BCUT2D eigenvalue weighted by atomic mass is 9.48. The summed E-state index contributed by atoms with van der Waals surface area (Å²) in [5, 5.41) is 12.3. The summed E-state index contributed by atoms with van der Waals surface area (Å²) in [6.45, 7) is 6.64. The highest BCUT2D eigenvalue weighted by Gasteiger charge is 2.71. The van der Waals surface area contributed by atoms with Crippen molar-refractivity contribution < 1.29 is 14.6 Å². The average molecular weight is 302 g/mol. The highest BCUT2D eigenvalue weighted by molar-refractivity contribution is 7.99. The third-order valence-electron chi connectivity index (χ3n) is 5.23. The Hall–Kier alpha value is -0.300. The third kappa shape index (κ3) is 2.08. The van der Waals surface area contributed by atoms with Crippen LogP contribution in [0, 0.1) is 11.3 Å². The number of ether oxygens (including phenoxy) is 1. The Balaban J connectivity index is 2.09. The van der Waals surface area contributed by atoms with Gasteiger partial charge < -0.3 is 20.9 Å². The van der Waals surface area contributed by atoms with Gasteiger partial charge in [-0.15, -0.1) is 0 Å². The lowest BCUT2D eigenvalue weighted by Gasteiger charge is -2.60. The molecule has 0 aromatic carbocycles. The van der Waals surface area contributed by atoms with Crippen molar-refractivity contribution in [1.82, 2.24) is 5.32 Å². The van der Waals surface area contributed by atoms with Crippen LogP contribution < -0.4 is 11.1 Å². The zero-order chi connectivity index (χ0) is 15.1. The molecule has 116 valence electrons. The van der Waals surface area contributed by atoms with Crippen molar-refractivity contribution in [3.05, 3.63) is 0 Å². The van der Waals surface area contributed by atoms with Gasteiger partial charge in [-0.2, -0.15) is 11.8 Å². The van der Waals surface area contributed by atoms with Crippen LogP contribution in [0.15, 0.2) is 0 Å². The van der Waals surface area contributed by atoms with Crippen molar-refractivity contribution in [3.63, 3.8) is 0 Å².